The Kier molecular flexibility index (Phi) is 5.14. The predicted octanol–water partition coefficient (Wildman–Crippen LogP) is 4.90. The molecule has 28 heavy (non-hydrogen) atoms. The molecule has 0 unspecified atom stereocenters. The number of rotatable bonds is 5. The molecule has 0 saturated heterocycles. The van der Waals surface area contributed by atoms with Crippen molar-refractivity contribution in [2.75, 3.05) is 12.4 Å². The number of carbonyl (C=O) groups excluding carboxylic acids is 1. The number of nitrogens with one attached hydrogen (secondary N) is 1. The van der Waals surface area contributed by atoms with Crippen molar-refractivity contribution in [3.8, 4) is 27.7 Å². The first-order valence-corrected chi connectivity index (χ1v) is 10.1. The number of aryl methyl sites for hydroxylation is 1. The molecular formula is C20H16N4O2S2. The van der Waals surface area contributed by atoms with Crippen LogP contribution in [0.4, 0.5) is 5.13 Å². The molecule has 2 aromatic carbocycles. The van der Waals surface area contributed by atoms with Crippen LogP contribution in [0.5, 0.6) is 5.75 Å². The van der Waals surface area contributed by atoms with Gasteiger partial charge in [0.25, 0.3) is 5.91 Å². The van der Waals surface area contributed by atoms with Gasteiger partial charge in [0, 0.05) is 28.0 Å². The maximum atomic E-state index is 12.5. The molecule has 0 atom stereocenters. The Morgan fingerprint density at radius 1 is 1.11 bits per heavy atom. The summed E-state index contributed by atoms with van der Waals surface area (Å²) in [6.07, 6.45) is 0. The largest absolute Gasteiger partial charge is 0.497 e. The molecule has 0 aliphatic rings. The molecule has 6 nitrogen and oxygen atoms in total. The van der Waals surface area contributed by atoms with E-state index in [1.807, 2.05) is 55.5 Å². The normalized spacial score (nSPS) is 10.6. The Balaban J connectivity index is 1.50. The lowest BCUT2D eigenvalue weighted by atomic mass is 10.1. The number of methoxy groups -OCH3 is 1. The third kappa shape index (κ3) is 3.78. The molecule has 0 saturated carbocycles. The molecule has 2 aromatic heterocycles. The van der Waals surface area contributed by atoms with E-state index < -0.39 is 0 Å². The van der Waals surface area contributed by atoms with Gasteiger partial charge in [0.1, 0.15) is 16.5 Å². The number of carbonyl (C=O) groups is 1. The fourth-order valence-electron chi connectivity index (χ4n) is 2.63. The summed E-state index contributed by atoms with van der Waals surface area (Å²) in [6, 6.07) is 15.4. The highest BCUT2D eigenvalue weighted by atomic mass is 32.1. The Bertz CT molecular complexity index is 1140. The monoisotopic (exact) mass is 408 g/mol. The molecular weight excluding hydrogens is 392 g/mol. The van der Waals surface area contributed by atoms with Crippen LogP contribution in [-0.4, -0.2) is 27.4 Å². The Hall–Kier alpha value is -3.10. The Morgan fingerprint density at radius 3 is 2.79 bits per heavy atom. The zero-order valence-electron chi connectivity index (χ0n) is 15.2. The Morgan fingerprint density at radius 2 is 1.96 bits per heavy atom. The highest BCUT2D eigenvalue weighted by Gasteiger charge is 2.15. The Labute approximate surface area is 170 Å². The zero-order valence-corrected chi connectivity index (χ0v) is 16.8. The number of benzene rings is 2. The van der Waals surface area contributed by atoms with Gasteiger partial charge in [-0.25, -0.2) is 4.98 Å². The lowest BCUT2D eigenvalue weighted by molar-refractivity contribution is 0.102. The van der Waals surface area contributed by atoms with E-state index >= 15 is 0 Å². The average molecular weight is 409 g/mol. The molecule has 0 bridgehead atoms. The van der Waals surface area contributed by atoms with Crippen LogP contribution in [-0.2, 0) is 0 Å². The first-order chi connectivity index (χ1) is 13.6. The van der Waals surface area contributed by atoms with Crippen molar-refractivity contribution in [1.29, 1.82) is 0 Å². The summed E-state index contributed by atoms with van der Waals surface area (Å²) in [5, 5.41) is 5.77. The van der Waals surface area contributed by atoms with Crippen molar-refractivity contribution in [3.05, 3.63) is 65.2 Å². The van der Waals surface area contributed by atoms with Gasteiger partial charge in [-0.05, 0) is 24.6 Å². The van der Waals surface area contributed by atoms with Crippen LogP contribution in [0.3, 0.4) is 0 Å². The molecule has 0 aliphatic carbocycles. The van der Waals surface area contributed by atoms with Crippen molar-refractivity contribution >= 4 is 33.9 Å². The quantitative estimate of drug-likeness (QED) is 0.508. The number of nitrogens with zero attached hydrogens (tertiary/aromatic N) is 3. The van der Waals surface area contributed by atoms with Gasteiger partial charge in [0.15, 0.2) is 5.82 Å². The smallest absolute Gasteiger partial charge is 0.276 e. The van der Waals surface area contributed by atoms with Gasteiger partial charge in [0.2, 0.25) is 5.13 Å². The predicted molar refractivity (Wildman–Crippen MR) is 112 cm³/mol. The van der Waals surface area contributed by atoms with E-state index in [1.54, 1.807) is 12.5 Å². The molecule has 1 amide bonds. The second-order valence-corrected chi connectivity index (χ2v) is 7.57. The molecule has 8 heteroatoms. The number of anilines is 1. The van der Waals surface area contributed by atoms with Gasteiger partial charge >= 0.3 is 0 Å². The van der Waals surface area contributed by atoms with Crippen LogP contribution in [0.1, 0.15) is 16.1 Å². The van der Waals surface area contributed by atoms with E-state index in [0.717, 1.165) is 39.0 Å². The number of amides is 1. The topological polar surface area (TPSA) is 77.0 Å². The number of hydrogen-bond acceptors (Lipinski definition) is 7. The molecule has 140 valence electrons. The first kappa shape index (κ1) is 18.3. The summed E-state index contributed by atoms with van der Waals surface area (Å²) < 4.78 is 9.54. The van der Waals surface area contributed by atoms with Crippen LogP contribution in [0.25, 0.3) is 22.0 Å². The van der Waals surface area contributed by atoms with Gasteiger partial charge in [-0.2, -0.15) is 9.36 Å². The summed E-state index contributed by atoms with van der Waals surface area (Å²) in [4.78, 5) is 21.4. The van der Waals surface area contributed by atoms with E-state index in [0.29, 0.717) is 16.6 Å². The van der Waals surface area contributed by atoms with E-state index in [2.05, 4.69) is 19.7 Å². The maximum Gasteiger partial charge on any atom is 0.276 e. The molecule has 4 rings (SSSR count). The molecule has 2 heterocycles. The molecule has 1 N–H and O–H groups in total. The average Bonchev–Trinajstić information content (AvgIpc) is 3.38. The van der Waals surface area contributed by atoms with Crippen molar-refractivity contribution in [1.82, 2.24) is 14.3 Å². The lowest BCUT2D eigenvalue weighted by Gasteiger charge is -2.01. The number of aromatic nitrogens is 3. The number of thiazole rings is 1. The van der Waals surface area contributed by atoms with Crippen LogP contribution in [0.2, 0.25) is 0 Å². The molecule has 0 radical (unpaired) electrons. The minimum Gasteiger partial charge on any atom is -0.497 e. The van der Waals surface area contributed by atoms with Gasteiger partial charge in [-0.1, -0.05) is 36.4 Å². The maximum absolute atomic E-state index is 12.5. The second-order valence-electron chi connectivity index (χ2n) is 5.96. The molecule has 4 aromatic rings. The number of ether oxygens (including phenoxy) is 1. The first-order valence-electron chi connectivity index (χ1n) is 8.45. The van der Waals surface area contributed by atoms with E-state index in [9.17, 15) is 4.79 Å². The highest BCUT2D eigenvalue weighted by molar-refractivity contribution is 7.13. The van der Waals surface area contributed by atoms with Gasteiger partial charge < -0.3 is 4.74 Å². The van der Waals surface area contributed by atoms with Gasteiger partial charge in [-0.15, -0.1) is 11.3 Å². The van der Waals surface area contributed by atoms with Crippen molar-refractivity contribution < 1.29 is 9.53 Å². The fraction of sp³-hybridized carbons (Fsp3) is 0.100. The lowest BCUT2D eigenvalue weighted by Crippen LogP contribution is -2.12. The highest BCUT2D eigenvalue weighted by Crippen LogP contribution is 2.28. The second kappa shape index (κ2) is 7.87. The molecule has 0 fully saturated rings. The van der Waals surface area contributed by atoms with Gasteiger partial charge in [-0.3, -0.25) is 10.1 Å². The standard InChI is InChI=1S/C20H16N4O2S2/c1-12-6-3-4-9-15(12)19-21-16(11-27-19)18(25)23-20-22-17(24-28-20)13-7-5-8-14(10-13)26-2/h3-11H,1-2H3,(H,22,23,24,25). The zero-order chi connectivity index (χ0) is 19.5. The van der Waals surface area contributed by atoms with Crippen molar-refractivity contribution in [2.24, 2.45) is 0 Å². The van der Waals surface area contributed by atoms with Crippen molar-refractivity contribution in [2.45, 2.75) is 6.92 Å². The third-order valence-electron chi connectivity index (χ3n) is 4.09. The third-order valence-corrected chi connectivity index (χ3v) is 5.59. The summed E-state index contributed by atoms with van der Waals surface area (Å²) in [6.45, 7) is 2.03. The van der Waals surface area contributed by atoms with E-state index in [4.69, 9.17) is 4.74 Å². The van der Waals surface area contributed by atoms with Gasteiger partial charge in [0.05, 0.1) is 7.11 Å². The minimum atomic E-state index is -0.301. The SMILES string of the molecule is COc1cccc(-c2nsc(NC(=O)c3csc(-c4ccccc4C)n3)n2)c1. The fourth-order valence-corrected chi connectivity index (χ4v) is 4.10. The van der Waals surface area contributed by atoms with Crippen LogP contribution in [0.15, 0.2) is 53.9 Å². The summed E-state index contributed by atoms with van der Waals surface area (Å²) in [5.74, 6) is 0.964. The minimum absolute atomic E-state index is 0.301. The van der Waals surface area contributed by atoms with E-state index in [-0.39, 0.29) is 5.91 Å². The van der Waals surface area contributed by atoms with Crippen LogP contribution < -0.4 is 10.1 Å². The van der Waals surface area contributed by atoms with E-state index in [1.165, 1.54) is 11.3 Å². The summed E-state index contributed by atoms with van der Waals surface area (Å²) >= 11 is 2.57. The number of hydrogen-bond donors (Lipinski definition) is 1. The van der Waals surface area contributed by atoms with Crippen molar-refractivity contribution in [3.63, 3.8) is 0 Å². The summed E-state index contributed by atoms with van der Waals surface area (Å²) in [5.41, 5.74) is 3.34. The summed E-state index contributed by atoms with van der Waals surface area (Å²) in [7, 11) is 1.61. The molecule has 0 spiro atoms. The molecule has 0 aliphatic heterocycles. The van der Waals surface area contributed by atoms with Crippen LogP contribution in [0, 0.1) is 6.92 Å². The van der Waals surface area contributed by atoms with Crippen LogP contribution >= 0.6 is 22.9 Å².